The molecule has 0 radical (unpaired) electrons. The van der Waals surface area contributed by atoms with E-state index in [0.29, 0.717) is 19.5 Å². The van der Waals surface area contributed by atoms with Gasteiger partial charge >= 0.3 is 0 Å². The molecule has 1 saturated heterocycles. The number of carbonyl (C=O) groups is 4. The SMILES string of the molecule is CN(C)CCNC(=O)[C@@H]1CCC(=O)N(C)CC(=O)N2C[C@H](N)C[C@H]2CS(=O)(=O)c2cccc(c2)C(=O)N1C. The van der Waals surface area contributed by atoms with Crippen LogP contribution in [-0.2, 0) is 24.2 Å². The minimum absolute atomic E-state index is 0.0304. The second kappa shape index (κ2) is 12.2. The maximum absolute atomic E-state index is 13.4. The van der Waals surface area contributed by atoms with Crippen LogP contribution in [0.25, 0.3) is 0 Å². The zero-order chi connectivity index (χ0) is 28.2. The number of nitrogens with zero attached hydrogens (tertiary/aromatic N) is 4. The number of nitrogens with two attached hydrogens (primary N) is 1. The van der Waals surface area contributed by atoms with Crippen LogP contribution in [0.4, 0.5) is 0 Å². The third kappa shape index (κ3) is 7.08. The number of sulfone groups is 1. The smallest absolute Gasteiger partial charge is 0.254 e. The predicted octanol–water partition coefficient (Wildman–Crippen LogP) is -1.24. The molecule has 0 aliphatic carbocycles. The molecular weight excluding hydrogens is 512 g/mol. The Balaban J connectivity index is 1.98. The van der Waals surface area contributed by atoms with Crippen molar-refractivity contribution in [3.05, 3.63) is 29.8 Å². The molecule has 1 aromatic rings. The lowest BCUT2D eigenvalue weighted by atomic mass is 10.1. The van der Waals surface area contributed by atoms with Crippen LogP contribution >= 0.6 is 0 Å². The fourth-order valence-corrected chi connectivity index (χ4v) is 6.40. The molecule has 3 N–H and O–H groups in total. The average Bonchev–Trinajstić information content (AvgIpc) is 3.21. The Morgan fingerprint density at radius 3 is 2.55 bits per heavy atom. The number of fused-ring (bicyclic) bond motifs is 3. The highest BCUT2D eigenvalue weighted by Gasteiger charge is 2.38. The summed E-state index contributed by atoms with van der Waals surface area (Å²) in [6, 6.07) is 3.67. The number of nitrogens with one attached hydrogen (secondary N) is 1. The molecule has 13 heteroatoms. The maximum Gasteiger partial charge on any atom is 0.254 e. The van der Waals surface area contributed by atoms with Gasteiger partial charge in [-0.3, -0.25) is 19.2 Å². The van der Waals surface area contributed by atoms with Gasteiger partial charge in [0.2, 0.25) is 17.7 Å². The van der Waals surface area contributed by atoms with E-state index in [1.54, 1.807) is 0 Å². The topological polar surface area (TPSA) is 153 Å². The minimum atomic E-state index is -3.89. The van der Waals surface area contributed by atoms with Crippen molar-refractivity contribution in [1.82, 2.24) is 24.9 Å². The largest absolute Gasteiger partial charge is 0.353 e. The van der Waals surface area contributed by atoms with Crippen LogP contribution in [0.5, 0.6) is 0 Å². The molecule has 2 heterocycles. The van der Waals surface area contributed by atoms with Crippen molar-refractivity contribution in [2.75, 3.05) is 60.1 Å². The number of benzene rings is 1. The molecule has 4 amide bonds. The van der Waals surface area contributed by atoms with Gasteiger partial charge < -0.3 is 30.7 Å². The van der Waals surface area contributed by atoms with Crippen molar-refractivity contribution in [2.45, 2.75) is 42.3 Å². The first-order chi connectivity index (χ1) is 17.8. The molecule has 0 spiro atoms. The van der Waals surface area contributed by atoms with Crippen molar-refractivity contribution in [2.24, 2.45) is 5.73 Å². The first kappa shape index (κ1) is 29.5. The minimum Gasteiger partial charge on any atom is -0.353 e. The van der Waals surface area contributed by atoms with Gasteiger partial charge in [0.25, 0.3) is 5.91 Å². The van der Waals surface area contributed by atoms with E-state index in [4.69, 9.17) is 5.73 Å². The Bertz CT molecular complexity index is 1170. The molecule has 2 aliphatic heterocycles. The molecule has 1 aromatic carbocycles. The number of rotatable bonds is 4. The number of carbonyl (C=O) groups excluding carboxylic acids is 4. The van der Waals surface area contributed by atoms with Gasteiger partial charge in [-0.05, 0) is 45.1 Å². The first-order valence-electron chi connectivity index (χ1n) is 12.6. The standard InChI is InChI=1S/C25H38N6O6S/c1-28(2)11-10-27-24(34)21-8-9-22(32)29(3)15-23(33)31-14-18(26)13-19(31)16-38(36,37)20-7-5-6-17(12-20)25(35)30(21)4/h5-7,12,18-19,21H,8-11,13-16,26H2,1-4H3,(H,27,34)/t18-,19+,21+/m1/s1. The Labute approximate surface area is 224 Å². The van der Waals surface area contributed by atoms with Gasteiger partial charge in [0, 0.05) is 57.8 Å². The van der Waals surface area contributed by atoms with Gasteiger partial charge in [0.05, 0.1) is 17.2 Å². The van der Waals surface area contributed by atoms with Gasteiger partial charge in [0.15, 0.2) is 9.84 Å². The molecule has 3 atom stereocenters. The molecule has 38 heavy (non-hydrogen) atoms. The summed E-state index contributed by atoms with van der Waals surface area (Å²) in [6.07, 6.45) is 0.280. The van der Waals surface area contributed by atoms with Gasteiger partial charge in [-0.25, -0.2) is 8.42 Å². The van der Waals surface area contributed by atoms with Crippen LogP contribution in [-0.4, -0.2) is 130 Å². The average molecular weight is 551 g/mol. The van der Waals surface area contributed by atoms with Crippen molar-refractivity contribution >= 4 is 33.5 Å². The van der Waals surface area contributed by atoms with Crippen molar-refractivity contribution < 1.29 is 27.6 Å². The molecule has 1 fully saturated rings. The van der Waals surface area contributed by atoms with E-state index in [1.165, 1.54) is 53.1 Å². The zero-order valence-corrected chi connectivity index (χ0v) is 23.2. The normalized spacial score (nSPS) is 25.1. The first-order valence-corrected chi connectivity index (χ1v) is 14.3. The summed E-state index contributed by atoms with van der Waals surface area (Å²) in [4.78, 5) is 58.2. The van der Waals surface area contributed by atoms with E-state index in [-0.39, 0.29) is 60.0 Å². The molecule has 0 unspecified atom stereocenters. The number of likely N-dealkylation sites (N-methyl/N-ethyl adjacent to an activating group) is 3. The maximum atomic E-state index is 13.4. The highest BCUT2D eigenvalue weighted by Crippen LogP contribution is 2.24. The lowest BCUT2D eigenvalue weighted by Gasteiger charge is -2.30. The quantitative estimate of drug-likeness (QED) is 0.472. The van der Waals surface area contributed by atoms with Crippen molar-refractivity contribution in [3.8, 4) is 0 Å². The van der Waals surface area contributed by atoms with E-state index in [9.17, 15) is 27.6 Å². The summed E-state index contributed by atoms with van der Waals surface area (Å²) in [5, 5.41) is 2.80. The van der Waals surface area contributed by atoms with E-state index in [0.717, 1.165) is 0 Å². The van der Waals surface area contributed by atoms with Crippen molar-refractivity contribution in [3.63, 3.8) is 0 Å². The monoisotopic (exact) mass is 550 g/mol. The van der Waals surface area contributed by atoms with Crippen LogP contribution in [0, 0.1) is 0 Å². The molecule has 210 valence electrons. The van der Waals surface area contributed by atoms with Gasteiger partial charge in [-0.2, -0.15) is 0 Å². The Hall–Kier alpha value is -3.03. The van der Waals surface area contributed by atoms with Crippen LogP contribution in [0.1, 0.15) is 29.6 Å². The molecule has 2 aliphatic rings. The van der Waals surface area contributed by atoms with Crippen LogP contribution in [0.2, 0.25) is 0 Å². The van der Waals surface area contributed by atoms with E-state index in [2.05, 4.69) is 5.32 Å². The third-order valence-corrected chi connectivity index (χ3v) is 8.79. The highest BCUT2D eigenvalue weighted by atomic mass is 32.2. The second-order valence-electron chi connectivity index (χ2n) is 10.3. The van der Waals surface area contributed by atoms with Crippen LogP contribution in [0.15, 0.2) is 29.2 Å². The summed E-state index contributed by atoms with van der Waals surface area (Å²) in [5.41, 5.74) is 6.17. The van der Waals surface area contributed by atoms with Crippen LogP contribution < -0.4 is 11.1 Å². The number of hydrogen-bond donors (Lipinski definition) is 2. The summed E-state index contributed by atoms with van der Waals surface area (Å²) in [5.74, 6) is -2.07. The van der Waals surface area contributed by atoms with Crippen LogP contribution in [0.3, 0.4) is 0 Å². The van der Waals surface area contributed by atoms with E-state index in [1.807, 2.05) is 19.0 Å². The fraction of sp³-hybridized carbons (Fsp3) is 0.600. The summed E-state index contributed by atoms with van der Waals surface area (Å²) < 4.78 is 26.7. The molecule has 2 bridgehead atoms. The van der Waals surface area contributed by atoms with Crippen molar-refractivity contribution in [1.29, 1.82) is 0 Å². The number of amides is 4. The second-order valence-corrected chi connectivity index (χ2v) is 12.4. The lowest BCUT2D eigenvalue weighted by molar-refractivity contribution is -0.140. The molecule has 3 rings (SSSR count). The summed E-state index contributed by atoms with van der Waals surface area (Å²) in [7, 11) is 2.78. The summed E-state index contributed by atoms with van der Waals surface area (Å²) >= 11 is 0. The molecule has 0 aromatic heterocycles. The molecular formula is C25H38N6O6S. The number of hydrogen-bond acceptors (Lipinski definition) is 8. The van der Waals surface area contributed by atoms with Gasteiger partial charge in [-0.15, -0.1) is 0 Å². The molecule has 12 nitrogen and oxygen atoms in total. The van der Waals surface area contributed by atoms with Gasteiger partial charge in [0.1, 0.15) is 6.04 Å². The lowest BCUT2D eigenvalue weighted by Crippen LogP contribution is -2.49. The Morgan fingerprint density at radius 2 is 1.87 bits per heavy atom. The zero-order valence-electron chi connectivity index (χ0n) is 22.4. The summed E-state index contributed by atoms with van der Waals surface area (Å²) in [6.45, 7) is 0.881. The predicted molar refractivity (Wildman–Crippen MR) is 141 cm³/mol. The highest BCUT2D eigenvalue weighted by molar-refractivity contribution is 7.91. The van der Waals surface area contributed by atoms with E-state index >= 15 is 0 Å². The van der Waals surface area contributed by atoms with E-state index < -0.39 is 33.7 Å². The van der Waals surface area contributed by atoms with Gasteiger partial charge in [-0.1, -0.05) is 6.07 Å². The fourth-order valence-electron chi connectivity index (χ4n) is 4.79. The Morgan fingerprint density at radius 1 is 1.16 bits per heavy atom. The third-order valence-electron chi connectivity index (χ3n) is 7.00. The molecule has 0 saturated carbocycles. The Kier molecular flexibility index (Phi) is 9.49.